The monoisotopic (exact) mass is 556 g/mol. The van der Waals surface area contributed by atoms with E-state index >= 15 is 0 Å². The average Bonchev–Trinajstić information content (AvgIpc) is 3.25. The number of ether oxygens (including phenoxy) is 1. The van der Waals surface area contributed by atoms with E-state index < -0.39 is 36.3 Å². The third-order valence-electron chi connectivity index (χ3n) is 8.68. The number of aromatic nitrogens is 1. The third-order valence-corrected chi connectivity index (χ3v) is 8.90. The molecule has 4 N–H and O–H groups in total. The Morgan fingerprint density at radius 2 is 1.97 bits per heavy atom. The van der Waals surface area contributed by atoms with Crippen LogP contribution in [0.2, 0.25) is 5.02 Å². The summed E-state index contributed by atoms with van der Waals surface area (Å²) < 4.78 is 6.02. The molecule has 208 valence electrons. The number of benzene rings is 1. The van der Waals surface area contributed by atoms with Crippen molar-refractivity contribution in [2.75, 3.05) is 19.7 Å². The Morgan fingerprint density at radius 3 is 2.69 bits per heavy atom. The standard InChI is InChI=1S/C28H33ClN4O6/c29-16-9-20-19(24(10-16)39-17-4-5-17)11-22(31-20)28(38)33-12-15-2-1-3-18(15)25(33)27(37)32-21(23(35)13-34)8-14-6-7-30-26(14)36/h9-11,14-15,17-18,21,25,31,34H,1-8,12-13H2,(H,30,36)(H,32,37)/t14-,15-,18-,21?,25-/m0/s1. The molecule has 1 unspecified atom stereocenters. The second-order valence-corrected chi connectivity index (χ2v) is 11.8. The van der Waals surface area contributed by atoms with E-state index in [1.165, 1.54) is 0 Å². The van der Waals surface area contributed by atoms with Gasteiger partial charge in [-0.3, -0.25) is 19.2 Å². The van der Waals surface area contributed by atoms with Gasteiger partial charge in [0.05, 0.1) is 17.7 Å². The van der Waals surface area contributed by atoms with Crippen LogP contribution in [0.4, 0.5) is 0 Å². The van der Waals surface area contributed by atoms with Crippen LogP contribution in [0.1, 0.15) is 55.4 Å². The molecule has 0 spiro atoms. The smallest absolute Gasteiger partial charge is 0.271 e. The molecule has 2 saturated carbocycles. The predicted molar refractivity (Wildman–Crippen MR) is 142 cm³/mol. The average molecular weight is 557 g/mol. The number of aromatic amines is 1. The molecule has 2 saturated heterocycles. The first-order valence-electron chi connectivity index (χ1n) is 13.8. The summed E-state index contributed by atoms with van der Waals surface area (Å²) in [5.74, 6) is -1.00. The fourth-order valence-electron chi connectivity index (χ4n) is 6.55. The molecule has 6 rings (SSSR count). The van der Waals surface area contributed by atoms with Crippen LogP contribution < -0.4 is 15.4 Å². The van der Waals surface area contributed by atoms with Gasteiger partial charge in [-0.1, -0.05) is 18.0 Å². The molecule has 39 heavy (non-hydrogen) atoms. The van der Waals surface area contributed by atoms with Crippen molar-refractivity contribution in [3.63, 3.8) is 0 Å². The van der Waals surface area contributed by atoms with Gasteiger partial charge in [0.2, 0.25) is 11.8 Å². The normalized spacial score (nSPS) is 26.9. The maximum atomic E-state index is 13.9. The highest BCUT2D eigenvalue weighted by atomic mass is 35.5. The van der Waals surface area contributed by atoms with E-state index in [0.29, 0.717) is 41.5 Å². The number of hydrogen-bond acceptors (Lipinski definition) is 6. The first kappa shape index (κ1) is 26.1. The number of aliphatic hydroxyl groups is 1. The summed E-state index contributed by atoms with van der Waals surface area (Å²) in [6.45, 7) is 0.240. The highest BCUT2D eigenvalue weighted by Gasteiger charge is 2.50. The van der Waals surface area contributed by atoms with E-state index in [0.717, 1.165) is 37.5 Å². The van der Waals surface area contributed by atoms with Crippen LogP contribution in [0.25, 0.3) is 10.9 Å². The minimum Gasteiger partial charge on any atom is -0.490 e. The molecule has 1 aromatic carbocycles. The number of likely N-dealkylation sites (tertiary alicyclic amines) is 1. The van der Waals surface area contributed by atoms with E-state index in [4.69, 9.17) is 16.3 Å². The number of rotatable bonds is 9. The van der Waals surface area contributed by atoms with Gasteiger partial charge in [0.15, 0.2) is 5.78 Å². The van der Waals surface area contributed by atoms with Crippen molar-refractivity contribution in [3.8, 4) is 5.75 Å². The topological polar surface area (TPSA) is 141 Å². The van der Waals surface area contributed by atoms with Crippen LogP contribution in [-0.2, 0) is 14.4 Å². The quantitative estimate of drug-likeness (QED) is 0.373. The second kappa shape index (κ2) is 10.5. The van der Waals surface area contributed by atoms with Crippen molar-refractivity contribution in [2.24, 2.45) is 17.8 Å². The summed E-state index contributed by atoms with van der Waals surface area (Å²) >= 11 is 6.31. The van der Waals surface area contributed by atoms with Crippen molar-refractivity contribution in [2.45, 2.75) is 63.1 Å². The van der Waals surface area contributed by atoms with Crippen LogP contribution >= 0.6 is 11.6 Å². The molecule has 1 aromatic heterocycles. The minimum absolute atomic E-state index is 0.0128. The number of nitrogens with one attached hydrogen (secondary N) is 3. The van der Waals surface area contributed by atoms with Crippen LogP contribution in [-0.4, -0.2) is 76.4 Å². The summed E-state index contributed by atoms with van der Waals surface area (Å²) in [7, 11) is 0. The molecule has 2 aliphatic carbocycles. The number of Topliss-reactive ketones (excluding diaryl/α,β-unsaturated/α-hetero) is 1. The van der Waals surface area contributed by atoms with Gasteiger partial charge in [-0.05, 0) is 68.6 Å². The Labute approximate surface area is 230 Å². The lowest BCUT2D eigenvalue weighted by atomic mass is 9.92. The third kappa shape index (κ3) is 5.12. The Hall–Kier alpha value is -3.11. The van der Waals surface area contributed by atoms with E-state index in [1.807, 2.05) is 0 Å². The number of fused-ring (bicyclic) bond motifs is 2. The first-order valence-corrected chi connectivity index (χ1v) is 14.2. The summed E-state index contributed by atoms with van der Waals surface area (Å²) in [6.07, 6.45) is 5.56. The molecular formula is C28H33ClN4O6. The Bertz CT molecular complexity index is 1320. The minimum atomic E-state index is -0.994. The number of H-pyrrole nitrogens is 1. The van der Waals surface area contributed by atoms with Crippen molar-refractivity contribution < 1.29 is 29.0 Å². The molecule has 2 aliphatic heterocycles. The lowest BCUT2D eigenvalue weighted by molar-refractivity contribution is -0.133. The molecule has 3 amide bonds. The Kier molecular flexibility index (Phi) is 7.01. The van der Waals surface area contributed by atoms with Gasteiger partial charge in [0.25, 0.3) is 5.91 Å². The number of carbonyl (C=O) groups excluding carboxylic acids is 4. The van der Waals surface area contributed by atoms with Crippen LogP contribution in [0.15, 0.2) is 18.2 Å². The van der Waals surface area contributed by atoms with Crippen molar-refractivity contribution >= 4 is 46.0 Å². The zero-order chi connectivity index (χ0) is 27.3. The number of aliphatic hydroxyl groups excluding tert-OH is 1. The highest BCUT2D eigenvalue weighted by molar-refractivity contribution is 6.31. The number of nitrogens with zero attached hydrogens (tertiary/aromatic N) is 1. The summed E-state index contributed by atoms with van der Waals surface area (Å²) in [4.78, 5) is 57.1. The largest absolute Gasteiger partial charge is 0.490 e. The first-order chi connectivity index (χ1) is 18.8. The molecule has 0 bridgehead atoms. The van der Waals surface area contributed by atoms with E-state index in [2.05, 4.69) is 15.6 Å². The molecule has 2 aromatic rings. The lowest BCUT2D eigenvalue weighted by Crippen LogP contribution is -2.53. The second-order valence-electron chi connectivity index (χ2n) is 11.3. The SMILES string of the molecule is O=C(CO)C(C[C@@H]1CCNC1=O)NC(=O)[C@@H]1[C@H]2CCC[C@H]2CN1C(=O)c1cc2c(OC3CC3)cc(Cl)cc2[nH]1. The fraction of sp³-hybridized carbons (Fsp3) is 0.571. The summed E-state index contributed by atoms with van der Waals surface area (Å²) in [5, 5.41) is 16.4. The van der Waals surface area contributed by atoms with Gasteiger partial charge < -0.3 is 30.4 Å². The predicted octanol–water partition coefficient (Wildman–Crippen LogP) is 2.18. The molecule has 0 radical (unpaired) electrons. The number of halogens is 1. The van der Waals surface area contributed by atoms with Crippen molar-refractivity contribution in [1.82, 2.24) is 20.5 Å². The number of ketones is 1. The zero-order valence-electron chi connectivity index (χ0n) is 21.6. The van der Waals surface area contributed by atoms with Crippen LogP contribution in [0.3, 0.4) is 0 Å². The van der Waals surface area contributed by atoms with Gasteiger partial charge in [0, 0.05) is 29.4 Å². The molecule has 10 nitrogen and oxygen atoms in total. The fourth-order valence-corrected chi connectivity index (χ4v) is 6.75. The van der Waals surface area contributed by atoms with Gasteiger partial charge in [-0.25, -0.2) is 0 Å². The van der Waals surface area contributed by atoms with Gasteiger partial charge in [0.1, 0.15) is 24.1 Å². The summed E-state index contributed by atoms with van der Waals surface area (Å²) in [6, 6.07) is 3.52. The van der Waals surface area contributed by atoms with E-state index in [1.54, 1.807) is 23.1 Å². The van der Waals surface area contributed by atoms with Gasteiger partial charge in [-0.15, -0.1) is 0 Å². The number of hydrogen-bond donors (Lipinski definition) is 4. The van der Waals surface area contributed by atoms with Crippen molar-refractivity contribution in [3.05, 3.63) is 28.9 Å². The van der Waals surface area contributed by atoms with Gasteiger partial charge >= 0.3 is 0 Å². The van der Waals surface area contributed by atoms with Gasteiger partial charge in [-0.2, -0.15) is 0 Å². The maximum absolute atomic E-state index is 13.9. The lowest BCUT2D eigenvalue weighted by Gasteiger charge is -2.29. The zero-order valence-corrected chi connectivity index (χ0v) is 22.3. The molecule has 3 heterocycles. The van der Waals surface area contributed by atoms with Crippen molar-refractivity contribution in [1.29, 1.82) is 0 Å². The number of amides is 3. The highest BCUT2D eigenvalue weighted by Crippen LogP contribution is 2.43. The molecule has 4 aliphatic rings. The maximum Gasteiger partial charge on any atom is 0.271 e. The summed E-state index contributed by atoms with van der Waals surface area (Å²) in [5.41, 5.74) is 1.03. The van der Waals surface area contributed by atoms with Crippen LogP contribution in [0.5, 0.6) is 5.75 Å². The van der Waals surface area contributed by atoms with Crippen LogP contribution in [0, 0.1) is 17.8 Å². The molecular weight excluding hydrogens is 524 g/mol. The molecule has 11 heteroatoms. The van der Waals surface area contributed by atoms with E-state index in [-0.39, 0.29) is 36.2 Å². The Balaban J connectivity index is 1.25. The molecule has 5 atom stereocenters. The Morgan fingerprint density at radius 1 is 1.15 bits per heavy atom. The van der Waals surface area contributed by atoms with E-state index in [9.17, 15) is 24.3 Å². The molecule has 4 fully saturated rings. The number of carbonyl (C=O) groups is 4.